The predicted octanol–water partition coefficient (Wildman–Crippen LogP) is 3.00. The highest BCUT2D eigenvalue weighted by molar-refractivity contribution is 7.99. The molecule has 0 aliphatic rings. The van der Waals surface area contributed by atoms with Gasteiger partial charge in [-0.15, -0.1) is 10.2 Å². The van der Waals surface area contributed by atoms with Crippen LogP contribution in [0.25, 0.3) is 11.5 Å². The highest BCUT2D eigenvalue weighted by Crippen LogP contribution is 2.26. The van der Waals surface area contributed by atoms with Crippen LogP contribution in [0.5, 0.6) is 0 Å². The summed E-state index contributed by atoms with van der Waals surface area (Å²) in [5.74, 6) is 0.573. The lowest BCUT2D eigenvalue weighted by Crippen LogP contribution is -1.92. The number of furan rings is 1. The third kappa shape index (κ3) is 2.41. The van der Waals surface area contributed by atoms with Crippen LogP contribution in [0.1, 0.15) is 5.76 Å². The smallest absolute Gasteiger partial charge is 0.277 e. The van der Waals surface area contributed by atoms with E-state index in [2.05, 4.69) is 10.2 Å². The Morgan fingerprint density at radius 1 is 1.44 bits per heavy atom. The van der Waals surface area contributed by atoms with Crippen molar-refractivity contribution in [1.29, 1.82) is 0 Å². The molecule has 4 nitrogen and oxygen atoms in total. The van der Waals surface area contributed by atoms with Gasteiger partial charge in [0.25, 0.3) is 11.1 Å². The van der Waals surface area contributed by atoms with Gasteiger partial charge in [0.1, 0.15) is 5.76 Å². The van der Waals surface area contributed by atoms with Crippen LogP contribution < -0.4 is 0 Å². The minimum atomic E-state index is -2.39. The summed E-state index contributed by atoms with van der Waals surface area (Å²) in [5, 5.41) is 7.55. The molecule has 0 aliphatic carbocycles. The van der Waals surface area contributed by atoms with Crippen molar-refractivity contribution in [1.82, 2.24) is 10.2 Å². The van der Waals surface area contributed by atoms with E-state index in [1.54, 1.807) is 13.0 Å². The monoisotopic (exact) mass is 246 g/mol. The van der Waals surface area contributed by atoms with E-state index >= 15 is 0 Å². The van der Waals surface area contributed by atoms with Crippen molar-refractivity contribution in [2.75, 3.05) is 5.75 Å². The maximum Gasteiger partial charge on any atom is 0.277 e. The molecule has 0 saturated carbocycles. The summed E-state index contributed by atoms with van der Waals surface area (Å²) in [6.45, 7) is 1.76. The molecular weight excluding hydrogens is 238 g/mol. The average Bonchev–Trinajstić information content (AvgIpc) is 2.83. The minimum absolute atomic E-state index is 0.135. The van der Waals surface area contributed by atoms with Crippen molar-refractivity contribution in [2.45, 2.75) is 18.6 Å². The molecule has 0 atom stereocenters. The summed E-state index contributed by atoms with van der Waals surface area (Å²) in [7, 11) is 0. The molecule has 2 rings (SSSR count). The number of alkyl halides is 2. The summed E-state index contributed by atoms with van der Waals surface area (Å²) in [6.07, 6.45) is -0.892. The number of hydrogen-bond donors (Lipinski definition) is 0. The van der Waals surface area contributed by atoms with E-state index < -0.39 is 6.43 Å². The molecule has 0 aromatic carbocycles. The summed E-state index contributed by atoms with van der Waals surface area (Å²) in [4.78, 5) is 0. The molecule has 16 heavy (non-hydrogen) atoms. The van der Waals surface area contributed by atoms with Gasteiger partial charge in [0.2, 0.25) is 6.43 Å². The van der Waals surface area contributed by atoms with Gasteiger partial charge in [-0.1, -0.05) is 11.8 Å². The Morgan fingerprint density at radius 2 is 2.25 bits per heavy atom. The number of halogens is 2. The van der Waals surface area contributed by atoms with Gasteiger partial charge in [0.05, 0.1) is 17.6 Å². The number of aryl methyl sites for hydroxylation is 1. The van der Waals surface area contributed by atoms with Crippen molar-refractivity contribution in [3.05, 3.63) is 18.1 Å². The van der Waals surface area contributed by atoms with Crippen LogP contribution in [0, 0.1) is 6.92 Å². The molecule has 0 spiro atoms. The minimum Gasteiger partial charge on any atom is -0.469 e. The van der Waals surface area contributed by atoms with Gasteiger partial charge in [-0.3, -0.25) is 0 Å². The Morgan fingerprint density at radius 3 is 2.88 bits per heavy atom. The fraction of sp³-hybridized carbons (Fsp3) is 0.333. The van der Waals surface area contributed by atoms with E-state index in [1.807, 2.05) is 0 Å². The van der Waals surface area contributed by atoms with Crippen molar-refractivity contribution in [3.63, 3.8) is 0 Å². The van der Waals surface area contributed by atoms with Gasteiger partial charge >= 0.3 is 0 Å². The maximum absolute atomic E-state index is 11.9. The van der Waals surface area contributed by atoms with E-state index in [1.165, 1.54) is 6.26 Å². The highest BCUT2D eigenvalue weighted by Gasteiger charge is 2.14. The molecule has 0 amide bonds. The van der Waals surface area contributed by atoms with Crippen LogP contribution >= 0.6 is 11.8 Å². The number of hydrogen-bond acceptors (Lipinski definition) is 5. The Labute approximate surface area is 94.0 Å². The number of nitrogens with zero attached hydrogens (tertiary/aromatic N) is 2. The van der Waals surface area contributed by atoms with Crippen molar-refractivity contribution in [2.24, 2.45) is 0 Å². The molecule has 0 aliphatic heterocycles. The van der Waals surface area contributed by atoms with Crippen LogP contribution in [-0.2, 0) is 0 Å². The Balaban J connectivity index is 2.11. The highest BCUT2D eigenvalue weighted by atomic mass is 32.2. The fourth-order valence-electron chi connectivity index (χ4n) is 1.12. The predicted molar refractivity (Wildman–Crippen MR) is 53.5 cm³/mol. The van der Waals surface area contributed by atoms with E-state index in [-0.39, 0.29) is 16.9 Å². The first-order chi connectivity index (χ1) is 7.66. The zero-order valence-corrected chi connectivity index (χ0v) is 9.13. The second-order valence-corrected chi connectivity index (χ2v) is 3.94. The lowest BCUT2D eigenvalue weighted by molar-refractivity contribution is 0.176. The number of rotatable bonds is 4. The molecule has 0 fully saturated rings. The van der Waals surface area contributed by atoms with E-state index in [0.717, 1.165) is 11.8 Å². The second kappa shape index (κ2) is 4.65. The molecule has 2 aromatic heterocycles. The Bertz CT molecular complexity index is 470. The van der Waals surface area contributed by atoms with Crippen molar-refractivity contribution in [3.8, 4) is 11.5 Å². The zero-order chi connectivity index (χ0) is 11.5. The number of aromatic nitrogens is 2. The van der Waals surface area contributed by atoms with E-state index in [4.69, 9.17) is 8.83 Å². The summed E-state index contributed by atoms with van der Waals surface area (Å²) in [5.41, 5.74) is 0.677. The van der Waals surface area contributed by atoms with Crippen LogP contribution in [0.3, 0.4) is 0 Å². The molecule has 0 radical (unpaired) electrons. The molecule has 2 aromatic rings. The van der Waals surface area contributed by atoms with Crippen molar-refractivity contribution < 1.29 is 17.6 Å². The quantitative estimate of drug-likeness (QED) is 0.776. The zero-order valence-electron chi connectivity index (χ0n) is 8.31. The van der Waals surface area contributed by atoms with Crippen LogP contribution in [0.2, 0.25) is 0 Å². The van der Waals surface area contributed by atoms with Gasteiger partial charge < -0.3 is 8.83 Å². The average molecular weight is 246 g/mol. The fourth-order valence-corrected chi connectivity index (χ4v) is 1.62. The lowest BCUT2D eigenvalue weighted by atomic mass is 10.3. The normalized spacial score (nSPS) is 11.2. The Hall–Kier alpha value is -1.37. The molecule has 7 heteroatoms. The molecule has 0 N–H and O–H groups in total. The number of thioether (sulfide) groups is 1. The van der Waals surface area contributed by atoms with Gasteiger partial charge in [-0.05, 0) is 13.0 Å². The molecule has 0 saturated heterocycles. The topological polar surface area (TPSA) is 52.1 Å². The first kappa shape index (κ1) is 11.1. The van der Waals surface area contributed by atoms with E-state index in [0.29, 0.717) is 11.3 Å². The molecule has 0 unspecified atom stereocenters. The largest absolute Gasteiger partial charge is 0.469 e. The van der Waals surface area contributed by atoms with Crippen LogP contribution in [0.4, 0.5) is 8.78 Å². The first-order valence-corrected chi connectivity index (χ1v) is 5.44. The van der Waals surface area contributed by atoms with E-state index in [9.17, 15) is 8.78 Å². The maximum atomic E-state index is 11.9. The standard InChI is InChI=1S/C9H8F2N2O2S/c1-5-6(2-3-14-5)8-12-13-9(15-8)16-4-7(10)11/h2-3,7H,4H2,1H3. The Kier molecular flexibility index (Phi) is 3.23. The van der Waals surface area contributed by atoms with Gasteiger partial charge in [-0.2, -0.15) is 0 Å². The summed E-state index contributed by atoms with van der Waals surface area (Å²) < 4.78 is 34.2. The molecular formula is C9H8F2N2O2S. The van der Waals surface area contributed by atoms with Crippen LogP contribution in [0.15, 0.2) is 26.4 Å². The summed E-state index contributed by atoms with van der Waals surface area (Å²) in [6, 6.07) is 1.68. The van der Waals surface area contributed by atoms with Crippen LogP contribution in [-0.4, -0.2) is 22.4 Å². The van der Waals surface area contributed by atoms with Gasteiger partial charge in [0, 0.05) is 0 Å². The molecule has 86 valence electrons. The third-order valence-electron chi connectivity index (χ3n) is 1.83. The molecule has 0 bridgehead atoms. The molecule has 2 heterocycles. The van der Waals surface area contributed by atoms with Crippen molar-refractivity contribution >= 4 is 11.8 Å². The SMILES string of the molecule is Cc1occc1-c1nnc(SCC(F)F)o1. The van der Waals surface area contributed by atoms with Gasteiger partial charge in [-0.25, -0.2) is 8.78 Å². The van der Waals surface area contributed by atoms with Gasteiger partial charge in [0.15, 0.2) is 0 Å². The third-order valence-corrected chi connectivity index (χ3v) is 2.66. The summed E-state index contributed by atoms with van der Waals surface area (Å²) >= 11 is 0.832. The lowest BCUT2D eigenvalue weighted by Gasteiger charge is -1.93. The first-order valence-electron chi connectivity index (χ1n) is 4.45. The second-order valence-electron chi connectivity index (χ2n) is 2.97.